The molecule has 0 atom stereocenters. The van der Waals surface area contributed by atoms with Gasteiger partial charge in [-0.1, -0.05) is 0 Å². The minimum Gasteiger partial charge on any atom is -0.366 e. The van der Waals surface area contributed by atoms with Crippen molar-refractivity contribution in [2.24, 2.45) is 0 Å². The van der Waals surface area contributed by atoms with Gasteiger partial charge in [-0.25, -0.2) is 4.98 Å². The lowest BCUT2D eigenvalue weighted by Crippen LogP contribution is -2.30. The zero-order valence-electron chi connectivity index (χ0n) is 14.4. The Kier molecular flexibility index (Phi) is 5.51. The Labute approximate surface area is 159 Å². The van der Waals surface area contributed by atoms with Gasteiger partial charge in [0.1, 0.15) is 11.5 Å². The van der Waals surface area contributed by atoms with E-state index in [1.807, 2.05) is 11.8 Å². The molecule has 0 unspecified atom stereocenters. The Bertz CT molecular complexity index is 850. The van der Waals surface area contributed by atoms with Crippen molar-refractivity contribution in [1.82, 2.24) is 4.98 Å². The van der Waals surface area contributed by atoms with Crippen molar-refractivity contribution in [2.45, 2.75) is 26.2 Å². The first-order valence-electron chi connectivity index (χ1n) is 8.43. The molecule has 136 valence electrons. The van der Waals surface area contributed by atoms with E-state index < -0.39 is 10.8 Å². The maximum absolute atomic E-state index is 12.5. The molecule has 26 heavy (non-hydrogen) atoms. The predicted molar refractivity (Wildman–Crippen MR) is 104 cm³/mol. The van der Waals surface area contributed by atoms with E-state index in [0.717, 1.165) is 42.5 Å². The monoisotopic (exact) mass is 418 g/mol. The highest BCUT2D eigenvalue weighted by Crippen LogP contribution is 2.31. The molecule has 0 bridgehead atoms. The molecular weight excluding hydrogens is 400 g/mol. The van der Waals surface area contributed by atoms with Gasteiger partial charge in [0.15, 0.2) is 0 Å². The number of nitrogens with zero attached hydrogens (tertiary/aromatic N) is 3. The first kappa shape index (κ1) is 18.3. The van der Waals surface area contributed by atoms with Crippen molar-refractivity contribution in [3.05, 3.63) is 56.2 Å². The highest BCUT2D eigenvalue weighted by atomic mass is 79.9. The highest BCUT2D eigenvalue weighted by molar-refractivity contribution is 9.10. The van der Waals surface area contributed by atoms with Gasteiger partial charge >= 0.3 is 0 Å². The van der Waals surface area contributed by atoms with Crippen molar-refractivity contribution in [1.29, 1.82) is 0 Å². The van der Waals surface area contributed by atoms with E-state index in [4.69, 9.17) is 0 Å². The van der Waals surface area contributed by atoms with Crippen LogP contribution in [0.3, 0.4) is 0 Å². The summed E-state index contributed by atoms with van der Waals surface area (Å²) in [5, 5.41) is 14.2. The van der Waals surface area contributed by atoms with Crippen LogP contribution in [0.4, 0.5) is 17.2 Å². The standard InChI is InChI=1S/C18H19BrN4O3/c1-12-14(19)6-8-17(20-12)21-18(24)13-5-7-15(16(11-13)23(25)26)22-9-3-2-4-10-22/h5-8,11H,2-4,9-10H2,1H3,(H,20,21,24). The number of anilines is 2. The summed E-state index contributed by atoms with van der Waals surface area (Å²) in [6, 6.07) is 8.09. The first-order chi connectivity index (χ1) is 12.5. The van der Waals surface area contributed by atoms with Crippen LogP contribution in [0.1, 0.15) is 35.3 Å². The SMILES string of the molecule is Cc1nc(NC(=O)c2ccc(N3CCCCC3)c([N+](=O)[O-])c2)ccc1Br. The molecule has 3 rings (SSSR count). The van der Waals surface area contributed by atoms with E-state index in [0.29, 0.717) is 11.5 Å². The zero-order chi connectivity index (χ0) is 18.7. The Balaban J connectivity index is 1.85. The van der Waals surface area contributed by atoms with Crippen LogP contribution in [0.5, 0.6) is 0 Å². The average Bonchev–Trinajstić information content (AvgIpc) is 2.65. The topological polar surface area (TPSA) is 88.4 Å². The van der Waals surface area contributed by atoms with Crippen LogP contribution in [0.25, 0.3) is 0 Å². The number of halogens is 1. The van der Waals surface area contributed by atoms with Gasteiger partial charge in [0.2, 0.25) is 0 Å². The molecule has 0 spiro atoms. The number of nitro groups is 1. The molecule has 1 amide bonds. The number of amides is 1. The smallest absolute Gasteiger partial charge is 0.293 e. The van der Waals surface area contributed by atoms with Crippen LogP contribution in [-0.4, -0.2) is 28.9 Å². The number of nitrogens with one attached hydrogen (secondary N) is 1. The molecule has 0 radical (unpaired) electrons. The van der Waals surface area contributed by atoms with Gasteiger partial charge in [0.05, 0.1) is 10.6 Å². The van der Waals surface area contributed by atoms with Gasteiger partial charge in [-0.15, -0.1) is 0 Å². The van der Waals surface area contributed by atoms with Gasteiger partial charge in [0.25, 0.3) is 11.6 Å². The van der Waals surface area contributed by atoms with Crippen LogP contribution < -0.4 is 10.2 Å². The number of nitro benzene ring substituents is 1. The summed E-state index contributed by atoms with van der Waals surface area (Å²) in [5.41, 5.74) is 1.51. The summed E-state index contributed by atoms with van der Waals surface area (Å²) in [6.07, 6.45) is 3.19. The molecule has 2 heterocycles. The Morgan fingerprint density at radius 2 is 1.96 bits per heavy atom. The summed E-state index contributed by atoms with van der Waals surface area (Å²) in [4.78, 5) is 29.8. The lowest BCUT2D eigenvalue weighted by Gasteiger charge is -2.28. The fraction of sp³-hybridized carbons (Fsp3) is 0.333. The van der Waals surface area contributed by atoms with E-state index >= 15 is 0 Å². The van der Waals surface area contributed by atoms with E-state index in [1.54, 1.807) is 24.3 Å². The summed E-state index contributed by atoms with van der Waals surface area (Å²) in [7, 11) is 0. The van der Waals surface area contributed by atoms with Crippen molar-refractivity contribution < 1.29 is 9.72 Å². The maximum atomic E-state index is 12.5. The Morgan fingerprint density at radius 3 is 2.62 bits per heavy atom. The highest BCUT2D eigenvalue weighted by Gasteiger charge is 2.23. The second kappa shape index (κ2) is 7.82. The predicted octanol–water partition coefficient (Wildman–Crippen LogP) is 4.30. The third kappa shape index (κ3) is 4.01. The fourth-order valence-electron chi connectivity index (χ4n) is 3.02. The first-order valence-corrected chi connectivity index (χ1v) is 9.23. The third-order valence-corrected chi connectivity index (χ3v) is 5.23. The molecule has 2 aromatic rings. The van der Waals surface area contributed by atoms with Gasteiger partial charge < -0.3 is 10.2 Å². The lowest BCUT2D eigenvalue weighted by atomic mass is 10.1. The minimum atomic E-state index is -0.428. The minimum absolute atomic E-state index is 0.0421. The number of aromatic nitrogens is 1. The molecule has 1 N–H and O–H groups in total. The molecule has 1 aromatic carbocycles. The number of hydrogen-bond acceptors (Lipinski definition) is 5. The molecule has 1 fully saturated rings. The number of carbonyl (C=O) groups excluding carboxylic acids is 1. The molecule has 1 aliphatic rings. The van der Waals surface area contributed by atoms with Gasteiger partial charge in [-0.3, -0.25) is 14.9 Å². The van der Waals surface area contributed by atoms with Crippen molar-refractivity contribution in [2.75, 3.05) is 23.3 Å². The molecular formula is C18H19BrN4O3. The van der Waals surface area contributed by atoms with Crippen molar-refractivity contribution >= 4 is 39.0 Å². The number of pyridine rings is 1. The number of aryl methyl sites for hydroxylation is 1. The van der Waals surface area contributed by atoms with Gasteiger partial charge in [-0.05, 0) is 66.4 Å². The molecule has 8 heteroatoms. The van der Waals surface area contributed by atoms with Crippen molar-refractivity contribution in [3.63, 3.8) is 0 Å². The second-order valence-electron chi connectivity index (χ2n) is 6.23. The Hall–Kier alpha value is -2.48. The molecule has 1 saturated heterocycles. The number of hydrogen-bond donors (Lipinski definition) is 1. The van der Waals surface area contributed by atoms with E-state index in [9.17, 15) is 14.9 Å². The van der Waals surface area contributed by atoms with Gasteiger partial charge in [-0.2, -0.15) is 0 Å². The van der Waals surface area contributed by atoms with Crippen LogP contribution in [0, 0.1) is 17.0 Å². The number of benzene rings is 1. The van der Waals surface area contributed by atoms with Crippen LogP contribution in [0.2, 0.25) is 0 Å². The normalized spacial score (nSPS) is 14.2. The third-order valence-electron chi connectivity index (χ3n) is 4.39. The zero-order valence-corrected chi connectivity index (χ0v) is 16.0. The quantitative estimate of drug-likeness (QED) is 0.590. The summed E-state index contributed by atoms with van der Waals surface area (Å²) in [6.45, 7) is 3.42. The fourth-order valence-corrected chi connectivity index (χ4v) is 3.24. The number of piperidine rings is 1. The number of carbonyl (C=O) groups is 1. The van der Waals surface area contributed by atoms with Crippen LogP contribution in [-0.2, 0) is 0 Å². The van der Waals surface area contributed by atoms with E-state index in [2.05, 4.69) is 26.2 Å². The summed E-state index contributed by atoms with van der Waals surface area (Å²) in [5.74, 6) is -0.0222. The van der Waals surface area contributed by atoms with Crippen LogP contribution >= 0.6 is 15.9 Å². The molecule has 0 aliphatic carbocycles. The molecule has 1 aromatic heterocycles. The number of rotatable bonds is 4. The second-order valence-corrected chi connectivity index (χ2v) is 7.08. The molecule has 0 saturated carbocycles. The van der Waals surface area contributed by atoms with E-state index in [-0.39, 0.29) is 11.3 Å². The van der Waals surface area contributed by atoms with Crippen molar-refractivity contribution in [3.8, 4) is 0 Å². The van der Waals surface area contributed by atoms with E-state index in [1.165, 1.54) is 6.07 Å². The molecule has 1 aliphatic heterocycles. The average molecular weight is 419 g/mol. The largest absolute Gasteiger partial charge is 0.366 e. The summed E-state index contributed by atoms with van der Waals surface area (Å²) < 4.78 is 0.844. The summed E-state index contributed by atoms with van der Waals surface area (Å²) >= 11 is 3.36. The van der Waals surface area contributed by atoms with Crippen LogP contribution in [0.15, 0.2) is 34.8 Å². The maximum Gasteiger partial charge on any atom is 0.293 e. The Morgan fingerprint density at radius 1 is 1.23 bits per heavy atom. The lowest BCUT2D eigenvalue weighted by molar-refractivity contribution is -0.384. The molecule has 7 nitrogen and oxygen atoms in total. The van der Waals surface area contributed by atoms with Gasteiger partial charge in [0, 0.05) is 29.2 Å².